The Morgan fingerprint density at radius 2 is 2.00 bits per heavy atom. The highest BCUT2D eigenvalue weighted by Gasteiger charge is 2.47. The first kappa shape index (κ1) is 22.6. The minimum absolute atomic E-state index is 0.00423. The summed E-state index contributed by atoms with van der Waals surface area (Å²) in [6.45, 7) is 6.48. The molecule has 0 aromatic heterocycles. The lowest BCUT2D eigenvalue weighted by Crippen LogP contribution is -2.37. The molecule has 1 aliphatic heterocycles. The molecular weight excluding hydrogens is 397 g/mol. The highest BCUT2D eigenvalue weighted by atomic mass is 19.1. The Hall–Kier alpha value is -3.04. The topological polar surface area (TPSA) is 59.0 Å². The van der Waals surface area contributed by atoms with E-state index in [0.717, 1.165) is 5.56 Å². The van der Waals surface area contributed by atoms with Crippen LogP contribution in [0.2, 0.25) is 0 Å². The molecule has 0 spiro atoms. The monoisotopic (exact) mass is 425 g/mol. The summed E-state index contributed by atoms with van der Waals surface area (Å²) in [7, 11) is 1.57. The Morgan fingerprint density at radius 3 is 2.61 bits per heavy atom. The summed E-state index contributed by atoms with van der Waals surface area (Å²) in [5, 5.41) is 10.5. The van der Waals surface area contributed by atoms with Gasteiger partial charge in [-0.15, -0.1) is 0 Å². The molecule has 1 aliphatic rings. The van der Waals surface area contributed by atoms with Crippen LogP contribution in [0, 0.1) is 23.1 Å². The van der Waals surface area contributed by atoms with Gasteiger partial charge in [-0.1, -0.05) is 24.8 Å². The molecule has 0 aliphatic carbocycles. The van der Waals surface area contributed by atoms with E-state index >= 15 is 0 Å². The van der Waals surface area contributed by atoms with E-state index in [4.69, 9.17) is 9.47 Å². The molecule has 0 bridgehead atoms. The molecule has 3 atom stereocenters. The smallest absolute Gasteiger partial charge is 0.219 e. The molecule has 2 aromatic rings. The molecule has 5 nitrogen and oxygen atoms in total. The lowest BCUT2D eigenvalue weighted by molar-refractivity contribution is -0.128. The fourth-order valence-corrected chi connectivity index (χ4v) is 3.97. The first-order valence-electron chi connectivity index (χ1n) is 10.2. The predicted octanol–water partition coefficient (Wildman–Crippen LogP) is 3.60. The number of amides is 1. The van der Waals surface area contributed by atoms with Gasteiger partial charge in [0.25, 0.3) is 0 Å². The van der Waals surface area contributed by atoms with Crippen molar-refractivity contribution in [2.24, 2.45) is 5.41 Å². The molecule has 31 heavy (non-hydrogen) atoms. The predicted molar refractivity (Wildman–Crippen MR) is 117 cm³/mol. The number of carbonyl (C=O) groups is 1. The maximum absolute atomic E-state index is 13.0. The van der Waals surface area contributed by atoms with Crippen LogP contribution in [0.3, 0.4) is 0 Å². The summed E-state index contributed by atoms with van der Waals surface area (Å²) in [6, 6.07) is 11.6. The number of nitrogens with zero attached hydrogens (tertiary/aromatic N) is 1. The summed E-state index contributed by atoms with van der Waals surface area (Å²) < 4.78 is 24.3. The van der Waals surface area contributed by atoms with Crippen LogP contribution in [-0.4, -0.2) is 48.8 Å². The normalized spacial score (nSPS) is 21.2. The largest absolute Gasteiger partial charge is 0.493 e. The van der Waals surface area contributed by atoms with Gasteiger partial charge in [0.15, 0.2) is 11.5 Å². The Kier molecular flexibility index (Phi) is 6.87. The highest BCUT2D eigenvalue weighted by molar-refractivity contribution is 5.74. The molecular formula is C25H28FNO4. The number of halogens is 1. The van der Waals surface area contributed by atoms with Gasteiger partial charge >= 0.3 is 0 Å². The molecule has 0 unspecified atom stereocenters. The van der Waals surface area contributed by atoms with E-state index in [1.807, 2.05) is 25.1 Å². The van der Waals surface area contributed by atoms with Crippen molar-refractivity contribution in [1.82, 2.24) is 4.90 Å². The Balaban J connectivity index is 1.81. The van der Waals surface area contributed by atoms with E-state index in [0.29, 0.717) is 30.2 Å². The van der Waals surface area contributed by atoms with Crippen LogP contribution in [0.1, 0.15) is 37.8 Å². The highest BCUT2D eigenvalue weighted by Crippen LogP contribution is 2.46. The first-order chi connectivity index (χ1) is 14.7. The second kappa shape index (κ2) is 9.40. The minimum Gasteiger partial charge on any atom is -0.493 e. The molecule has 1 fully saturated rings. The SMILES string of the molecule is COc1ccc([C@@H]2CN(C(C)=O)C[C@@]2(C)[C@@H](C)O)cc1OCC#Cc1ccc(F)cc1. The van der Waals surface area contributed by atoms with E-state index < -0.39 is 11.5 Å². The third-order valence-electron chi connectivity index (χ3n) is 6.10. The van der Waals surface area contributed by atoms with Crippen LogP contribution in [0.5, 0.6) is 11.5 Å². The average Bonchev–Trinajstić information content (AvgIpc) is 3.12. The molecule has 6 heteroatoms. The van der Waals surface area contributed by atoms with Crippen LogP contribution in [0.15, 0.2) is 42.5 Å². The van der Waals surface area contributed by atoms with Gasteiger partial charge in [-0.25, -0.2) is 4.39 Å². The zero-order chi connectivity index (χ0) is 22.6. The molecule has 164 valence electrons. The van der Waals surface area contributed by atoms with Crippen LogP contribution in [0.4, 0.5) is 4.39 Å². The van der Waals surface area contributed by atoms with E-state index in [1.54, 1.807) is 38.0 Å². The number of benzene rings is 2. The van der Waals surface area contributed by atoms with Gasteiger partial charge in [0.2, 0.25) is 5.91 Å². The number of hydrogen-bond acceptors (Lipinski definition) is 4. The number of hydrogen-bond donors (Lipinski definition) is 1. The minimum atomic E-state index is -0.588. The molecule has 2 aromatic carbocycles. The van der Waals surface area contributed by atoms with Gasteiger partial charge in [0.05, 0.1) is 13.2 Å². The lowest BCUT2D eigenvalue weighted by atomic mass is 9.72. The van der Waals surface area contributed by atoms with Gasteiger partial charge in [0.1, 0.15) is 12.4 Å². The Labute approximate surface area is 182 Å². The Bertz CT molecular complexity index is 993. The van der Waals surface area contributed by atoms with Crippen LogP contribution >= 0.6 is 0 Å². The second-order valence-corrected chi connectivity index (χ2v) is 8.14. The molecule has 1 N–H and O–H groups in total. The zero-order valence-corrected chi connectivity index (χ0v) is 18.3. The van der Waals surface area contributed by atoms with Gasteiger partial charge in [-0.05, 0) is 48.9 Å². The first-order valence-corrected chi connectivity index (χ1v) is 10.2. The third kappa shape index (κ3) is 5.00. The van der Waals surface area contributed by atoms with Crippen molar-refractivity contribution in [3.8, 4) is 23.3 Å². The maximum Gasteiger partial charge on any atom is 0.219 e. The number of methoxy groups -OCH3 is 1. The van der Waals surface area contributed by atoms with Gasteiger partial charge in [-0.3, -0.25) is 4.79 Å². The van der Waals surface area contributed by atoms with Crippen molar-refractivity contribution < 1.29 is 23.8 Å². The van der Waals surface area contributed by atoms with Crippen molar-refractivity contribution in [3.63, 3.8) is 0 Å². The summed E-state index contributed by atoms with van der Waals surface area (Å²) in [4.78, 5) is 13.7. The van der Waals surface area contributed by atoms with E-state index in [2.05, 4.69) is 11.8 Å². The van der Waals surface area contributed by atoms with Crippen molar-refractivity contribution in [2.45, 2.75) is 32.8 Å². The number of aliphatic hydroxyl groups excluding tert-OH is 1. The standard InChI is InChI=1S/C25H28FNO4/c1-17(28)25(3)16-27(18(2)29)15-22(25)20-9-12-23(30-4)24(14-20)31-13-5-6-19-7-10-21(26)11-8-19/h7-12,14,17,22,28H,13,15-16H2,1-4H3/t17-,22+,25+/m1/s1. The van der Waals surface area contributed by atoms with Crippen LogP contribution in [-0.2, 0) is 4.79 Å². The molecule has 0 saturated carbocycles. The molecule has 1 saturated heterocycles. The average molecular weight is 426 g/mol. The Morgan fingerprint density at radius 1 is 1.29 bits per heavy atom. The lowest BCUT2D eigenvalue weighted by Gasteiger charge is -2.33. The number of likely N-dealkylation sites (tertiary alicyclic amines) is 1. The zero-order valence-electron chi connectivity index (χ0n) is 18.3. The quantitative estimate of drug-likeness (QED) is 0.744. The number of aliphatic hydroxyl groups is 1. The number of carbonyl (C=O) groups excluding carboxylic acids is 1. The summed E-state index contributed by atoms with van der Waals surface area (Å²) in [6.07, 6.45) is -0.588. The maximum atomic E-state index is 13.0. The van der Waals surface area contributed by atoms with Crippen molar-refractivity contribution in [1.29, 1.82) is 0 Å². The molecule has 3 rings (SSSR count). The van der Waals surface area contributed by atoms with Crippen molar-refractivity contribution >= 4 is 5.91 Å². The number of rotatable bonds is 5. The van der Waals surface area contributed by atoms with E-state index in [9.17, 15) is 14.3 Å². The van der Waals surface area contributed by atoms with Gasteiger partial charge in [0, 0.05) is 36.9 Å². The molecule has 1 heterocycles. The molecule has 0 radical (unpaired) electrons. The summed E-state index contributed by atoms with van der Waals surface area (Å²) in [5.41, 5.74) is 1.20. The summed E-state index contributed by atoms with van der Waals surface area (Å²) in [5.74, 6) is 6.63. The third-order valence-corrected chi connectivity index (χ3v) is 6.10. The van der Waals surface area contributed by atoms with E-state index in [-0.39, 0.29) is 24.2 Å². The van der Waals surface area contributed by atoms with Crippen LogP contribution < -0.4 is 9.47 Å². The number of ether oxygens (including phenoxy) is 2. The van der Waals surface area contributed by atoms with Gasteiger partial charge in [-0.2, -0.15) is 0 Å². The summed E-state index contributed by atoms with van der Waals surface area (Å²) >= 11 is 0. The van der Waals surface area contributed by atoms with E-state index in [1.165, 1.54) is 12.1 Å². The second-order valence-electron chi connectivity index (χ2n) is 8.14. The van der Waals surface area contributed by atoms with Gasteiger partial charge < -0.3 is 19.5 Å². The van der Waals surface area contributed by atoms with Crippen LogP contribution in [0.25, 0.3) is 0 Å². The fraction of sp³-hybridized carbons (Fsp3) is 0.400. The van der Waals surface area contributed by atoms with Crippen molar-refractivity contribution in [3.05, 3.63) is 59.4 Å². The van der Waals surface area contributed by atoms with Crippen molar-refractivity contribution in [2.75, 3.05) is 26.8 Å². The molecule has 1 amide bonds. The fourth-order valence-electron chi connectivity index (χ4n) is 3.97.